The molecule has 0 amide bonds. The Morgan fingerprint density at radius 3 is 1.25 bits per heavy atom. The second-order valence-electron chi connectivity index (χ2n) is 12.8. The summed E-state index contributed by atoms with van der Waals surface area (Å²) in [7, 11) is 0. The molecular weight excluding hydrogens is 577 g/mol. The van der Waals surface area contributed by atoms with Gasteiger partial charge in [0.2, 0.25) is 0 Å². The van der Waals surface area contributed by atoms with Gasteiger partial charge in [0.15, 0.2) is 0 Å². The predicted molar refractivity (Wildman–Crippen MR) is 208 cm³/mol. The zero-order valence-electron chi connectivity index (χ0n) is 26.3. The van der Waals surface area contributed by atoms with Crippen molar-refractivity contribution in [1.82, 2.24) is 0 Å². The van der Waals surface area contributed by atoms with Gasteiger partial charge in [0, 0.05) is 0 Å². The van der Waals surface area contributed by atoms with E-state index in [1.807, 2.05) is 0 Å². The van der Waals surface area contributed by atoms with Crippen molar-refractivity contribution < 1.29 is 0 Å². The van der Waals surface area contributed by atoms with Gasteiger partial charge < -0.3 is 0 Å². The number of rotatable bonds is 3. The first-order valence-electron chi connectivity index (χ1n) is 16.7. The van der Waals surface area contributed by atoms with Crippen molar-refractivity contribution >= 4 is 64.6 Å². The van der Waals surface area contributed by atoms with Crippen LogP contribution < -0.4 is 0 Å². The summed E-state index contributed by atoms with van der Waals surface area (Å²) in [6.07, 6.45) is 0. The second kappa shape index (κ2) is 10.7. The first-order chi connectivity index (χ1) is 23.8. The topological polar surface area (TPSA) is 0 Å². The Kier molecular flexibility index (Phi) is 5.98. The fraction of sp³-hybridized carbons (Fsp3) is 0. The van der Waals surface area contributed by atoms with E-state index in [0.29, 0.717) is 0 Å². The lowest BCUT2D eigenvalue weighted by Crippen LogP contribution is -1.91. The van der Waals surface area contributed by atoms with Crippen LogP contribution in [0.3, 0.4) is 0 Å². The van der Waals surface area contributed by atoms with Crippen LogP contribution in [0.25, 0.3) is 98.0 Å². The van der Waals surface area contributed by atoms with Crippen LogP contribution >= 0.6 is 0 Å². The van der Waals surface area contributed by atoms with Crippen molar-refractivity contribution in [3.8, 4) is 33.4 Å². The van der Waals surface area contributed by atoms with E-state index in [0.717, 1.165) is 0 Å². The van der Waals surface area contributed by atoms with Gasteiger partial charge >= 0.3 is 0 Å². The molecule has 0 fully saturated rings. The third-order valence-electron chi connectivity index (χ3n) is 10.2. The third-order valence-corrected chi connectivity index (χ3v) is 10.2. The average Bonchev–Trinajstić information content (AvgIpc) is 3.16. The van der Waals surface area contributed by atoms with Gasteiger partial charge in [-0.2, -0.15) is 0 Å². The molecule has 0 nitrogen and oxygen atoms in total. The monoisotopic (exact) mass is 606 g/mol. The minimum atomic E-state index is 1.23. The van der Waals surface area contributed by atoms with E-state index in [1.165, 1.54) is 98.0 Å². The Morgan fingerprint density at radius 2 is 0.604 bits per heavy atom. The molecule has 0 heteroatoms. The maximum Gasteiger partial charge on any atom is -0.00262 e. The zero-order chi connectivity index (χ0) is 31.6. The normalized spacial score (nSPS) is 11.8. The zero-order valence-corrected chi connectivity index (χ0v) is 26.3. The van der Waals surface area contributed by atoms with E-state index in [2.05, 4.69) is 182 Å². The number of fused-ring (bicyclic) bond motifs is 8. The molecule has 0 saturated carbocycles. The summed E-state index contributed by atoms with van der Waals surface area (Å²) in [5.41, 5.74) is 7.55. The van der Waals surface area contributed by atoms with Gasteiger partial charge in [0.05, 0.1) is 0 Å². The molecule has 0 aliphatic rings. The molecule has 48 heavy (non-hydrogen) atoms. The lowest BCUT2D eigenvalue weighted by molar-refractivity contribution is 1.64. The maximum atomic E-state index is 2.37. The Bertz CT molecular complexity index is 2820. The first-order valence-corrected chi connectivity index (χ1v) is 16.7. The van der Waals surface area contributed by atoms with Crippen LogP contribution in [0.4, 0.5) is 0 Å². The fourth-order valence-corrected chi connectivity index (χ4v) is 8.03. The number of benzene rings is 10. The molecule has 10 rings (SSSR count). The Morgan fingerprint density at radius 1 is 0.208 bits per heavy atom. The standard InChI is InChI=1S/C48H30/c1-3-13-37-31(11-1)23-26-35-29-36(27-28-39(35)37)48-44-19-9-7-17-42(44)47(43-18-8-10-20-45(43)48)33-24-21-32(22-25-33)46-30-34-12-2-4-14-38(34)40-15-5-6-16-41(40)46/h1-30H. The van der Waals surface area contributed by atoms with Gasteiger partial charge in [0.25, 0.3) is 0 Å². The first kappa shape index (κ1) is 26.9. The van der Waals surface area contributed by atoms with Gasteiger partial charge in [-0.05, 0) is 110 Å². The van der Waals surface area contributed by atoms with Crippen molar-refractivity contribution in [1.29, 1.82) is 0 Å². The lowest BCUT2D eigenvalue weighted by Gasteiger charge is -2.18. The average molecular weight is 607 g/mol. The van der Waals surface area contributed by atoms with Crippen molar-refractivity contribution in [2.24, 2.45) is 0 Å². The highest BCUT2D eigenvalue weighted by Gasteiger charge is 2.17. The van der Waals surface area contributed by atoms with E-state index in [9.17, 15) is 0 Å². The smallest absolute Gasteiger partial charge is 0.00262 e. The Labute approximate surface area is 279 Å². The molecule has 0 N–H and O–H groups in total. The molecule has 0 atom stereocenters. The van der Waals surface area contributed by atoms with Gasteiger partial charge in [-0.3, -0.25) is 0 Å². The van der Waals surface area contributed by atoms with E-state index >= 15 is 0 Å². The summed E-state index contributed by atoms with van der Waals surface area (Å²) >= 11 is 0. The lowest BCUT2D eigenvalue weighted by atomic mass is 9.85. The maximum absolute atomic E-state index is 2.37. The van der Waals surface area contributed by atoms with E-state index < -0.39 is 0 Å². The predicted octanol–water partition coefficient (Wildman–Crippen LogP) is 13.6. The summed E-state index contributed by atoms with van der Waals surface area (Å²) in [5, 5.41) is 15.4. The van der Waals surface area contributed by atoms with Crippen molar-refractivity contribution in [2.45, 2.75) is 0 Å². The highest BCUT2D eigenvalue weighted by Crippen LogP contribution is 2.45. The third kappa shape index (κ3) is 4.10. The summed E-state index contributed by atoms with van der Waals surface area (Å²) in [4.78, 5) is 0. The number of hydrogen-bond acceptors (Lipinski definition) is 0. The molecule has 0 unspecified atom stereocenters. The quantitative estimate of drug-likeness (QED) is 0.139. The second-order valence-corrected chi connectivity index (χ2v) is 12.8. The van der Waals surface area contributed by atoms with Gasteiger partial charge in [-0.25, -0.2) is 0 Å². The molecule has 10 aromatic carbocycles. The molecule has 0 heterocycles. The highest BCUT2D eigenvalue weighted by molar-refractivity contribution is 6.22. The van der Waals surface area contributed by atoms with Crippen LogP contribution in [0.2, 0.25) is 0 Å². The number of hydrogen-bond donors (Lipinski definition) is 0. The van der Waals surface area contributed by atoms with Crippen LogP contribution in [0.5, 0.6) is 0 Å². The summed E-state index contributed by atoms with van der Waals surface area (Å²) < 4.78 is 0. The minimum absolute atomic E-state index is 1.23. The molecule has 0 aliphatic heterocycles. The Balaban J connectivity index is 1.17. The highest BCUT2D eigenvalue weighted by atomic mass is 14.2. The van der Waals surface area contributed by atoms with Crippen molar-refractivity contribution in [3.63, 3.8) is 0 Å². The van der Waals surface area contributed by atoms with Crippen LogP contribution in [-0.2, 0) is 0 Å². The minimum Gasteiger partial charge on any atom is -0.0616 e. The summed E-state index contributed by atoms with van der Waals surface area (Å²) in [6.45, 7) is 0. The van der Waals surface area contributed by atoms with Gasteiger partial charge in [0.1, 0.15) is 0 Å². The molecule has 0 aliphatic carbocycles. The molecule has 10 aromatic rings. The molecular formula is C48H30. The van der Waals surface area contributed by atoms with Crippen molar-refractivity contribution in [3.05, 3.63) is 182 Å². The van der Waals surface area contributed by atoms with Crippen LogP contribution in [0.15, 0.2) is 182 Å². The largest absolute Gasteiger partial charge is 0.0616 e. The van der Waals surface area contributed by atoms with E-state index in [4.69, 9.17) is 0 Å². The molecule has 0 aromatic heterocycles. The van der Waals surface area contributed by atoms with Gasteiger partial charge in [-0.15, -0.1) is 0 Å². The van der Waals surface area contributed by atoms with Crippen LogP contribution in [0, 0.1) is 0 Å². The molecule has 222 valence electrons. The summed E-state index contributed by atoms with van der Waals surface area (Å²) in [5.74, 6) is 0. The SMILES string of the molecule is c1ccc2c(c1)ccc1cc(-c3c4ccccc4c(-c4ccc(-c5cc6ccccc6c6ccccc56)cc4)c4ccccc34)ccc12. The molecule has 0 saturated heterocycles. The van der Waals surface area contributed by atoms with E-state index in [1.54, 1.807) is 0 Å². The molecule has 0 spiro atoms. The van der Waals surface area contributed by atoms with Crippen LogP contribution in [-0.4, -0.2) is 0 Å². The van der Waals surface area contributed by atoms with Crippen molar-refractivity contribution in [2.75, 3.05) is 0 Å². The fourth-order valence-electron chi connectivity index (χ4n) is 8.03. The van der Waals surface area contributed by atoms with Gasteiger partial charge in [-0.1, -0.05) is 170 Å². The van der Waals surface area contributed by atoms with Crippen LogP contribution in [0.1, 0.15) is 0 Å². The molecule has 0 radical (unpaired) electrons. The van der Waals surface area contributed by atoms with E-state index in [-0.39, 0.29) is 0 Å². The summed E-state index contributed by atoms with van der Waals surface area (Å²) in [6, 6.07) is 67.1. The Hall–Kier alpha value is -6.24. The molecule has 0 bridgehead atoms.